The Kier molecular flexibility index (Phi) is 8.90. The van der Waals surface area contributed by atoms with Gasteiger partial charge in [0.05, 0.1) is 6.54 Å². The maximum absolute atomic E-state index is 13.4. The molecule has 0 aliphatic heterocycles. The van der Waals surface area contributed by atoms with Crippen molar-refractivity contribution in [3.8, 4) is 11.1 Å². The number of hydrogen-bond acceptors (Lipinski definition) is 4. The first-order chi connectivity index (χ1) is 19.1. The monoisotopic (exact) mass is 544 g/mol. The summed E-state index contributed by atoms with van der Waals surface area (Å²) >= 11 is 0. The van der Waals surface area contributed by atoms with Crippen molar-refractivity contribution in [3.63, 3.8) is 0 Å². The summed E-state index contributed by atoms with van der Waals surface area (Å²) in [6, 6.07) is 20.4. The third-order valence-electron chi connectivity index (χ3n) is 7.32. The third-order valence-corrected chi connectivity index (χ3v) is 7.32. The molecule has 1 aliphatic carbocycles. The van der Waals surface area contributed by atoms with E-state index in [-0.39, 0.29) is 24.4 Å². The number of aliphatic hydroxyl groups is 1. The molecule has 40 heavy (non-hydrogen) atoms. The van der Waals surface area contributed by atoms with E-state index in [1.165, 1.54) is 4.90 Å². The molecule has 3 aromatic rings. The van der Waals surface area contributed by atoms with Crippen LogP contribution in [0.3, 0.4) is 0 Å². The van der Waals surface area contributed by atoms with E-state index in [1.807, 2.05) is 74.5 Å². The zero-order valence-electron chi connectivity index (χ0n) is 22.8. The molecule has 0 saturated heterocycles. The topological polar surface area (TPSA) is 127 Å². The first kappa shape index (κ1) is 28.8. The quantitative estimate of drug-likeness (QED) is 0.282. The SMILES string of the molecule is CC(C)CN(C[C@](O)(C(=O)O)c1ccc2c(c1)CCC2)C(=O)N[C@@H](Cc1ccc(-c2ccccc2)cc1)C(=O)O. The molecule has 2 atom stereocenters. The fraction of sp³-hybridized carbons (Fsp3) is 0.344. The summed E-state index contributed by atoms with van der Waals surface area (Å²) in [7, 11) is 0. The van der Waals surface area contributed by atoms with Crippen molar-refractivity contribution >= 4 is 18.0 Å². The van der Waals surface area contributed by atoms with Gasteiger partial charge in [-0.05, 0) is 58.6 Å². The summed E-state index contributed by atoms with van der Waals surface area (Å²) in [5, 5.41) is 33.9. The Balaban J connectivity index is 1.52. The number of carboxylic acid groups (broad SMARTS) is 2. The highest BCUT2D eigenvalue weighted by molar-refractivity contribution is 5.84. The summed E-state index contributed by atoms with van der Waals surface area (Å²) in [5.74, 6) is -2.74. The van der Waals surface area contributed by atoms with Gasteiger partial charge in [0.2, 0.25) is 5.60 Å². The van der Waals surface area contributed by atoms with Gasteiger partial charge in [0, 0.05) is 13.0 Å². The van der Waals surface area contributed by atoms with Gasteiger partial charge in [0.1, 0.15) is 6.04 Å². The molecule has 0 unspecified atom stereocenters. The average Bonchev–Trinajstić information content (AvgIpc) is 3.41. The van der Waals surface area contributed by atoms with Crippen molar-refractivity contribution in [2.75, 3.05) is 13.1 Å². The van der Waals surface area contributed by atoms with E-state index in [1.54, 1.807) is 12.1 Å². The van der Waals surface area contributed by atoms with E-state index in [0.717, 1.165) is 47.1 Å². The zero-order valence-corrected chi connectivity index (χ0v) is 22.8. The molecule has 8 nitrogen and oxygen atoms in total. The standard InChI is InChI=1S/C32H36N2O6/c1-21(2)19-34(20-32(40,30(37)38)27-16-15-24-9-6-10-26(24)18-27)31(39)33-28(29(35)36)17-22-11-13-25(14-12-22)23-7-4-3-5-8-23/h3-5,7-8,11-16,18,21,28,40H,6,9-10,17,19-20H2,1-2H3,(H,33,39)(H,35,36)(H,37,38)/t28-,32+/m0/s1. The number of amides is 2. The van der Waals surface area contributed by atoms with E-state index in [0.29, 0.717) is 0 Å². The number of fused-ring (bicyclic) bond motifs is 1. The molecule has 0 saturated carbocycles. The highest BCUT2D eigenvalue weighted by Crippen LogP contribution is 2.30. The molecule has 0 bridgehead atoms. The minimum atomic E-state index is -2.35. The van der Waals surface area contributed by atoms with Crippen molar-refractivity contribution in [2.45, 2.75) is 51.2 Å². The lowest BCUT2D eigenvalue weighted by Crippen LogP contribution is -2.55. The van der Waals surface area contributed by atoms with Crippen molar-refractivity contribution in [3.05, 3.63) is 95.1 Å². The Morgan fingerprint density at radius 1 is 0.900 bits per heavy atom. The van der Waals surface area contributed by atoms with E-state index >= 15 is 0 Å². The Morgan fingerprint density at radius 3 is 2.17 bits per heavy atom. The molecule has 3 aromatic carbocycles. The van der Waals surface area contributed by atoms with Gasteiger partial charge in [-0.1, -0.05) is 86.6 Å². The fourth-order valence-corrected chi connectivity index (χ4v) is 5.19. The van der Waals surface area contributed by atoms with Crippen LogP contribution in [0.15, 0.2) is 72.8 Å². The predicted octanol–water partition coefficient (Wildman–Crippen LogP) is 4.48. The summed E-state index contributed by atoms with van der Waals surface area (Å²) in [4.78, 5) is 39.1. The molecule has 210 valence electrons. The van der Waals surface area contributed by atoms with Gasteiger partial charge in [-0.3, -0.25) is 0 Å². The summed E-state index contributed by atoms with van der Waals surface area (Å²) < 4.78 is 0. The van der Waals surface area contributed by atoms with Crippen molar-refractivity contribution in [1.82, 2.24) is 10.2 Å². The minimum absolute atomic E-state index is 0.0414. The number of benzene rings is 3. The smallest absolute Gasteiger partial charge is 0.342 e. The summed E-state index contributed by atoms with van der Waals surface area (Å²) in [5.41, 5.74) is 2.74. The largest absolute Gasteiger partial charge is 0.480 e. The molecule has 0 heterocycles. The second-order valence-electron chi connectivity index (χ2n) is 10.9. The van der Waals surface area contributed by atoms with Gasteiger partial charge in [-0.15, -0.1) is 0 Å². The number of nitrogens with zero attached hydrogens (tertiary/aromatic N) is 1. The number of aryl methyl sites for hydroxylation is 2. The van der Waals surface area contributed by atoms with Gasteiger partial charge < -0.3 is 25.5 Å². The predicted molar refractivity (Wildman–Crippen MR) is 152 cm³/mol. The molecule has 4 N–H and O–H groups in total. The minimum Gasteiger partial charge on any atom is -0.480 e. The molecule has 2 amide bonds. The molecule has 1 aliphatic rings. The number of hydrogen-bond donors (Lipinski definition) is 4. The van der Waals surface area contributed by atoms with Crippen LogP contribution in [0.2, 0.25) is 0 Å². The highest BCUT2D eigenvalue weighted by Gasteiger charge is 2.42. The lowest BCUT2D eigenvalue weighted by atomic mass is 9.90. The number of carbonyl (C=O) groups is 3. The van der Waals surface area contributed by atoms with Crippen LogP contribution in [0.25, 0.3) is 11.1 Å². The maximum Gasteiger partial charge on any atom is 0.342 e. The lowest BCUT2D eigenvalue weighted by molar-refractivity contribution is -0.161. The van der Waals surface area contributed by atoms with Crippen LogP contribution >= 0.6 is 0 Å². The van der Waals surface area contributed by atoms with Crippen LogP contribution in [0.4, 0.5) is 4.79 Å². The van der Waals surface area contributed by atoms with Crippen LogP contribution in [-0.4, -0.2) is 57.3 Å². The number of carboxylic acids is 2. The van der Waals surface area contributed by atoms with Crippen LogP contribution in [0.5, 0.6) is 0 Å². The Hall–Kier alpha value is -4.17. The molecule has 4 rings (SSSR count). The first-order valence-corrected chi connectivity index (χ1v) is 13.6. The molecule has 0 spiro atoms. The lowest BCUT2D eigenvalue weighted by Gasteiger charge is -2.33. The van der Waals surface area contributed by atoms with Crippen molar-refractivity contribution < 1.29 is 29.7 Å². The Morgan fingerprint density at radius 2 is 1.55 bits per heavy atom. The molecular formula is C32H36N2O6. The second-order valence-corrected chi connectivity index (χ2v) is 10.9. The number of nitrogens with one attached hydrogen (secondary N) is 1. The summed E-state index contributed by atoms with van der Waals surface area (Å²) in [6.45, 7) is 3.32. The average molecular weight is 545 g/mol. The zero-order chi connectivity index (χ0) is 28.9. The number of urea groups is 1. The van der Waals surface area contributed by atoms with E-state index in [4.69, 9.17) is 0 Å². The van der Waals surface area contributed by atoms with Crippen LogP contribution in [0, 0.1) is 5.92 Å². The Bertz CT molecular complexity index is 1360. The van der Waals surface area contributed by atoms with E-state index < -0.39 is 36.2 Å². The molecule has 0 fully saturated rings. The molecule has 0 radical (unpaired) electrons. The van der Waals surface area contributed by atoms with Crippen LogP contribution in [-0.2, 0) is 34.5 Å². The maximum atomic E-state index is 13.4. The van der Waals surface area contributed by atoms with Gasteiger partial charge in [-0.2, -0.15) is 0 Å². The fourth-order valence-electron chi connectivity index (χ4n) is 5.19. The number of aliphatic carboxylic acids is 2. The molecule has 0 aromatic heterocycles. The second kappa shape index (κ2) is 12.3. The van der Waals surface area contributed by atoms with Crippen molar-refractivity contribution in [1.29, 1.82) is 0 Å². The normalized spacial score (nSPS) is 14.7. The first-order valence-electron chi connectivity index (χ1n) is 13.6. The van der Waals surface area contributed by atoms with Crippen LogP contribution < -0.4 is 5.32 Å². The van der Waals surface area contributed by atoms with E-state index in [9.17, 15) is 29.7 Å². The Labute approximate surface area is 234 Å². The van der Waals surface area contributed by atoms with Crippen LogP contribution in [0.1, 0.15) is 42.5 Å². The van der Waals surface area contributed by atoms with Crippen molar-refractivity contribution in [2.24, 2.45) is 5.92 Å². The molecular weight excluding hydrogens is 508 g/mol. The van der Waals surface area contributed by atoms with Gasteiger partial charge in [-0.25, -0.2) is 14.4 Å². The number of carbonyl (C=O) groups excluding carboxylic acids is 1. The van der Waals surface area contributed by atoms with Gasteiger partial charge >= 0.3 is 18.0 Å². The third kappa shape index (κ3) is 6.69. The number of rotatable bonds is 11. The van der Waals surface area contributed by atoms with Gasteiger partial charge in [0.25, 0.3) is 0 Å². The molecule has 8 heteroatoms. The summed E-state index contributed by atoms with van der Waals surface area (Å²) in [6.07, 6.45) is 2.73. The van der Waals surface area contributed by atoms with E-state index in [2.05, 4.69) is 5.32 Å². The highest BCUT2D eigenvalue weighted by atomic mass is 16.4. The van der Waals surface area contributed by atoms with Gasteiger partial charge in [0.15, 0.2) is 0 Å².